The summed E-state index contributed by atoms with van der Waals surface area (Å²) < 4.78 is 39.2. The molecular formula is C27H40F3N5O4. The zero-order valence-corrected chi connectivity index (χ0v) is 23.3. The van der Waals surface area contributed by atoms with E-state index in [1.165, 1.54) is 4.90 Å². The van der Waals surface area contributed by atoms with Crippen molar-refractivity contribution in [3.8, 4) is 6.07 Å². The molecule has 3 aliphatic rings. The molecule has 1 saturated carbocycles. The van der Waals surface area contributed by atoms with Gasteiger partial charge in [-0.25, -0.2) is 0 Å². The van der Waals surface area contributed by atoms with E-state index < -0.39 is 58.9 Å². The molecule has 0 aromatic carbocycles. The van der Waals surface area contributed by atoms with Gasteiger partial charge in [0, 0.05) is 18.0 Å². The lowest BCUT2D eigenvalue weighted by Crippen LogP contribution is -2.59. The SMILES string of the molecule is CC1(C)C[C@@H](C[C@@H](C#N)NC(=O)[C@@H]2CC(C3CCCC3)CN2C(=O)[C@@H](NC(=O)C(F)(F)F)C(C)(C)C)C(=O)N1. The summed E-state index contributed by atoms with van der Waals surface area (Å²) in [5.41, 5.74) is -1.49. The molecular weight excluding hydrogens is 515 g/mol. The zero-order chi connectivity index (χ0) is 29.3. The lowest BCUT2D eigenvalue weighted by molar-refractivity contribution is -0.176. The van der Waals surface area contributed by atoms with Crippen LogP contribution in [0.25, 0.3) is 0 Å². The summed E-state index contributed by atoms with van der Waals surface area (Å²) in [6.45, 7) is 8.58. The number of halogens is 3. The molecule has 2 heterocycles. The fraction of sp³-hybridized carbons (Fsp3) is 0.815. The molecule has 4 amide bonds. The smallest absolute Gasteiger partial charge is 0.351 e. The average Bonchev–Trinajstić information content (AvgIpc) is 3.53. The number of nitriles is 1. The molecule has 1 aliphatic carbocycles. The summed E-state index contributed by atoms with van der Waals surface area (Å²) in [6, 6.07) is -1.46. The van der Waals surface area contributed by atoms with Crippen molar-refractivity contribution in [2.45, 2.75) is 109 Å². The third-order valence-electron chi connectivity index (χ3n) is 8.21. The van der Waals surface area contributed by atoms with Crippen LogP contribution in [0.15, 0.2) is 0 Å². The zero-order valence-electron chi connectivity index (χ0n) is 23.3. The first-order valence-corrected chi connectivity index (χ1v) is 13.6. The van der Waals surface area contributed by atoms with Gasteiger partial charge in [0.05, 0.1) is 6.07 Å². The second-order valence-electron chi connectivity index (χ2n) is 13.0. The molecule has 9 nitrogen and oxygen atoms in total. The predicted octanol–water partition coefficient (Wildman–Crippen LogP) is 2.80. The van der Waals surface area contributed by atoms with Gasteiger partial charge in [-0.1, -0.05) is 46.5 Å². The Kier molecular flexibility index (Phi) is 8.92. The number of carbonyl (C=O) groups excluding carboxylic acids is 4. The molecule has 218 valence electrons. The Morgan fingerprint density at radius 1 is 1.13 bits per heavy atom. The van der Waals surface area contributed by atoms with E-state index in [1.54, 1.807) is 20.8 Å². The Balaban J connectivity index is 1.81. The van der Waals surface area contributed by atoms with Crippen molar-refractivity contribution in [2.24, 2.45) is 23.2 Å². The number of rotatable bonds is 7. The van der Waals surface area contributed by atoms with Crippen molar-refractivity contribution in [1.29, 1.82) is 5.26 Å². The number of hydrogen-bond acceptors (Lipinski definition) is 5. The minimum Gasteiger partial charge on any atom is -0.351 e. The first kappa shape index (κ1) is 30.7. The maximum absolute atomic E-state index is 13.7. The van der Waals surface area contributed by atoms with E-state index in [0.29, 0.717) is 12.8 Å². The summed E-state index contributed by atoms with van der Waals surface area (Å²) in [5, 5.41) is 17.1. The van der Waals surface area contributed by atoms with Gasteiger partial charge < -0.3 is 20.9 Å². The molecule has 5 atom stereocenters. The molecule has 3 fully saturated rings. The highest BCUT2D eigenvalue weighted by molar-refractivity contribution is 5.94. The first-order chi connectivity index (χ1) is 17.9. The highest BCUT2D eigenvalue weighted by Crippen LogP contribution is 2.39. The molecule has 12 heteroatoms. The van der Waals surface area contributed by atoms with E-state index in [1.807, 2.05) is 25.2 Å². The molecule has 2 saturated heterocycles. The quantitative estimate of drug-likeness (QED) is 0.445. The van der Waals surface area contributed by atoms with Gasteiger partial charge in [0.25, 0.3) is 0 Å². The molecule has 0 bridgehead atoms. The van der Waals surface area contributed by atoms with Crippen LogP contribution in [-0.2, 0) is 19.2 Å². The highest BCUT2D eigenvalue weighted by atomic mass is 19.4. The highest BCUT2D eigenvalue weighted by Gasteiger charge is 2.49. The molecule has 0 aromatic rings. The summed E-state index contributed by atoms with van der Waals surface area (Å²) in [5.74, 6) is -3.94. The number of amides is 4. The van der Waals surface area contributed by atoms with Gasteiger partial charge in [0.15, 0.2) is 0 Å². The van der Waals surface area contributed by atoms with Gasteiger partial charge >= 0.3 is 12.1 Å². The molecule has 2 aliphatic heterocycles. The summed E-state index contributed by atoms with van der Waals surface area (Å²) >= 11 is 0. The minimum atomic E-state index is -5.17. The van der Waals surface area contributed by atoms with Crippen LogP contribution in [0, 0.1) is 34.5 Å². The van der Waals surface area contributed by atoms with Gasteiger partial charge in [-0.2, -0.15) is 18.4 Å². The summed E-state index contributed by atoms with van der Waals surface area (Å²) in [7, 11) is 0. The second-order valence-corrected chi connectivity index (χ2v) is 13.0. The molecule has 0 aromatic heterocycles. The van der Waals surface area contributed by atoms with Crippen molar-refractivity contribution in [3.05, 3.63) is 0 Å². The van der Waals surface area contributed by atoms with Crippen LogP contribution in [0.5, 0.6) is 0 Å². The van der Waals surface area contributed by atoms with Crippen molar-refractivity contribution >= 4 is 23.6 Å². The van der Waals surface area contributed by atoms with Gasteiger partial charge in [0.2, 0.25) is 17.7 Å². The van der Waals surface area contributed by atoms with Gasteiger partial charge in [-0.3, -0.25) is 19.2 Å². The van der Waals surface area contributed by atoms with E-state index in [4.69, 9.17) is 0 Å². The van der Waals surface area contributed by atoms with Crippen LogP contribution in [0.1, 0.15) is 79.6 Å². The van der Waals surface area contributed by atoms with Gasteiger partial charge in [0.1, 0.15) is 18.1 Å². The Bertz CT molecular complexity index is 1010. The number of likely N-dealkylation sites (tertiary alicyclic amines) is 1. The first-order valence-electron chi connectivity index (χ1n) is 13.6. The monoisotopic (exact) mass is 555 g/mol. The third-order valence-corrected chi connectivity index (χ3v) is 8.21. The topological polar surface area (TPSA) is 131 Å². The summed E-state index contributed by atoms with van der Waals surface area (Å²) in [4.78, 5) is 52.6. The lowest BCUT2D eigenvalue weighted by atomic mass is 9.85. The number of nitrogens with one attached hydrogen (secondary N) is 3. The molecule has 1 unspecified atom stereocenters. The van der Waals surface area contributed by atoms with Crippen LogP contribution in [-0.4, -0.2) is 64.9 Å². The predicted molar refractivity (Wildman–Crippen MR) is 135 cm³/mol. The number of alkyl halides is 3. The van der Waals surface area contributed by atoms with Crippen LogP contribution in [0.2, 0.25) is 0 Å². The third kappa shape index (κ3) is 7.42. The normalized spacial score (nSPS) is 27.0. The standard InChI is InChI=1S/C27H40F3N5O4/c1-25(2,3)20(33-24(39)27(28,29)30)23(38)35-14-17(15-8-6-7-9-15)11-19(35)22(37)32-18(13-31)10-16-12-26(4,5)34-21(16)36/h15-20H,6-12,14H2,1-5H3,(H,32,37)(H,33,39)(H,34,36)/t16-,17?,18+,19+,20-/m1/s1. The average molecular weight is 556 g/mol. The Morgan fingerprint density at radius 2 is 1.74 bits per heavy atom. The molecule has 3 N–H and O–H groups in total. The van der Waals surface area contributed by atoms with Crippen molar-refractivity contribution in [3.63, 3.8) is 0 Å². The largest absolute Gasteiger partial charge is 0.471 e. The number of nitrogens with zero attached hydrogens (tertiary/aromatic N) is 2. The van der Waals surface area contributed by atoms with Gasteiger partial charge in [-0.15, -0.1) is 0 Å². The maximum atomic E-state index is 13.7. The van der Waals surface area contributed by atoms with E-state index in [2.05, 4.69) is 10.6 Å². The van der Waals surface area contributed by atoms with Crippen LogP contribution >= 0.6 is 0 Å². The maximum Gasteiger partial charge on any atom is 0.471 e. The van der Waals surface area contributed by atoms with E-state index in [9.17, 15) is 37.6 Å². The van der Waals surface area contributed by atoms with Crippen molar-refractivity contribution in [2.75, 3.05) is 6.54 Å². The molecule has 0 spiro atoms. The van der Waals surface area contributed by atoms with Crippen LogP contribution in [0.4, 0.5) is 13.2 Å². The number of hydrogen-bond donors (Lipinski definition) is 3. The Morgan fingerprint density at radius 3 is 2.23 bits per heavy atom. The molecule has 3 rings (SSSR count). The second kappa shape index (κ2) is 11.3. The number of carbonyl (C=O) groups is 4. The van der Waals surface area contributed by atoms with E-state index in [-0.39, 0.29) is 30.7 Å². The molecule has 0 radical (unpaired) electrons. The fourth-order valence-corrected chi connectivity index (χ4v) is 6.24. The van der Waals surface area contributed by atoms with E-state index in [0.717, 1.165) is 25.7 Å². The Labute approximate surface area is 227 Å². The van der Waals surface area contributed by atoms with Crippen molar-refractivity contribution in [1.82, 2.24) is 20.9 Å². The van der Waals surface area contributed by atoms with Crippen molar-refractivity contribution < 1.29 is 32.3 Å². The lowest BCUT2D eigenvalue weighted by Gasteiger charge is -2.35. The van der Waals surface area contributed by atoms with Crippen LogP contribution in [0.3, 0.4) is 0 Å². The fourth-order valence-electron chi connectivity index (χ4n) is 6.24. The Hall–Kier alpha value is -2.84. The van der Waals surface area contributed by atoms with Gasteiger partial charge in [-0.05, 0) is 50.4 Å². The van der Waals surface area contributed by atoms with Crippen LogP contribution < -0.4 is 16.0 Å². The molecule has 39 heavy (non-hydrogen) atoms. The minimum absolute atomic E-state index is 0.0203. The van der Waals surface area contributed by atoms with E-state index >= 15 is 0 Å². The summed E-state index contributed by atoms with van der Waals surface area (Å²) in [6.07, 6.45) is -0.270.